The van der Waals surface area contributed by atoms with Gasteiger partial charge in [-0.15, -0.1) is 0 Å². The number of nitrogen functional groups attached to an aromatic ring is 1. The number of anilines is 1. The van der Waals surface area contributed by atoms with Crippen molar-refractivity contribution in [3.8, 4) is 0 Å². The van der Waals surface area contributed by atoms with E-state index in [1.165, 1.54) is 10.4 Å². The summed E-state index contributed by atoms with van der Waals surface area (Å²) in [6.45, 7) is 10.1. The normalized spacial score (nSPS) is 18.3. The second kappa shape index (κ2) is 9.12. The number of aliphatic imine (C=N–C) groups is 2. The summed E-state index contributed by atoms with van der Waals surface area (Å²) in [5.41, 5.74) is 11.1. The Hall–Kier alpha value is -2.47. The van der Waals surface area contributed by atoms with Gasteiger partial charge in [-0.05, 0) is 70.7 Å². The molecule has 160 valence electrons. The van der Waals surface area contributed by atoms with Crippen LogP contribution in [0.1, 0.15) is 53.4 Å². The number of fused-ring (bicyclic) bond motifs is 2. The van der Waals surface area contributed by atoms with Gasteiger partial charge in [0, 0.05) is 18.7 Å². The lowest BCUT2D eigenvalue weighted by atomic mass is 10.1. The molecule has 1 aliphatic carbocycles. The predicted octanol–water partition coefficient (Wildman–Crippen LogP) is 4.95. The van der Waals surface area contributed by atoms with Crippen LogP contribution in [0, 0.1) is 0 Å². The summed E-state index contributed by atoms with van der Waals surface area (Å²) in [6, 6.07) is 6.16. The third-order valence-electron chi connectivity index (χ3n) is 6.30. The van der Waals surface area contributed by atoms with Gasteiger partial charge in [0.05, 0.1) is 17.1 Å². The lowest BCUT2D eigenvalue weighted by molar-refractivity contribution is -0.137. The van der Waals surface area contributed by atoms with Gasteiger partial charge in [-0.3, -0.25) is 9.79 Å². The molecule has 0 atom stereocenters. The smallest absolute Gasteiger partial charge is 0.303 e. The highest BCUT2D eigenvalue weighted by Crippen LogP contribution is 2.44. The second-order valence-corrected chi connectivity index (χ2v) is 14.0. The molecule has 1 aromatic rings. The van der Waals surface area contributed by atoms with Crippen LogP contribution in [-0.2, 0) is 4.79 Å². The number of unbranched alkanes of at least 4 members (excludes halogenated alkanes) is 2. The lowest BCUT2D eigenvalue weighted by Crippen LogP contribution is -2.59. The summed E-state index contributed by atoms with van der Waals surface area (Å²) < 4.78 is 0. The molecule has 0 saturated carbocycles. The van der Waals surface area contributed by atoms with Gasteiger partial charge in [0.25, 0.3) is 0 Å². The van der Waals surface area contributed by atoms with Gasteiger partial charge in [0.1, 0.15) is 8.07 Å². The van der Waals surface area contributed by atoms with E-state index in [1.54, 1.807) is 0 Å². The first-order valence-electron chi connectivity index (χ1n) is 10.9. The molecule has 0 fully saturated rings. The van der Waals surface area contributed by atoms with Crippen LogP contribution in [-0.4, -0.2) is 37.1 Å². The molecule has 5 nitrogen and oxygen atoms in total. The summed E-state index contributed by atoms with van der Waals surface area (Å²) in [5.74, 6) is -0.727. The van der Waals surface area contributed by atoms with Gasteiger partial charge in [-0.1, -0.05) is 34.1 Å². The first-order valence-corrected chi connectivity index (χ1v) is 13.1. The Balaban J connectivity index is 1.94. The third-order valence-corrected chi connectivity index (χ3v) is 12.5. The minimum absolute atomic E-state index is 0.236. The molecule has 0 unspecified atom stereocenters. The van der Waals surface area contributed by atoms with Gasteiger partial charge in [-0.2, -0.15) is 0 Å². The molecule has 1 heterocycles. The quantitative estimate of drug-likeness (QED) is 0.268. The van der Waals surface area contributed by atoms with Crippen molar-refractivity contribution in [2.75, 3.05) is 12.3 Å². The Labute approximate surface area is 180 Å². The predicted molar refractivity (Wildman–Crippen MR) is 129 cm³/mol. The molecular formula is C24H33N3O2Si. The molecule has 0 spiro atoms. The summed E-state index contributed by atoms with van der Waals surface area (Å²) in [6.07, 6.45) is 9.17. The number of hydrogen-bond donors (Lipinski definition) is 2. The van der Waals surface area contributed by atoms with Crippen molar-refractivity contribution in [3.05, 3.63) is 41.6 Å². The Bertz CT molecular complexity index is 934. The summed E-state index contributed by atoms with van der Waals surface area (Å²) in [7, 11) is -2.11. The molecular weight excluding hydrogens is 390 g/mol. The Morgan fingerprint density at radius 1 is 1.13 bits per heavy atom. The molecule has 6 heteroatoms. The summed E-state index contributed by atoms with van der Waals surface area (Å²) >= 11 is 0. The van der Waals surface area contributed by atoms with E-state index >= 15 is 0 Å². The zero-order valence-electron chi connectivity index (χ0n) is 18.5. The highest BCUT2D eigenvalue weighted by atomic mass is 28.3. The molecule has 30 heavy (non-hydrogen) atoms. The van der Waals surface area contributed by atoms with E-state index in [4.69, 9.17) is 20.8 Å². The number of nitrogens with zero attached hydrogens (tertiary/aromatic N) is 2. The van der Waals surface area contributed by atoms with Crippen molar-refractivity contribution >= 4 is 42.0 Å². The van der Waals surface area contributed by atoms with Crippen molar-refractivity contribution in [2.45, 2.75) is 64.5 Å². The number of hydrogen-bond acceptors (Lipinski definition) is 4. The SMILES string of the molecule is CC(C)[Si]1(C(C)C)C2=CC(=NCCCCCC(=O)O)C=CC2=Nc2ccc(N)cc21. The maximum atomic E-state index is 10.6. The first-order chi connectivity index (χ1) is 14.3. The minimum Gasteiger partial charge on any atom is -0.481 e. The average molecular weight is 424 g/mol. The minimum atomic E-state index is -2.11. The van der Waals surface area contributed by atoms with E-state index in [0.717, 1.165) is 42.2 Å². The largest absolute Gasteiger partial charge is 0.481 e. The van der Waals surface area contributed by atoms with Crippen molar-refractivity contribution in [1.82, 2.24) is 0 Å². The molecule has 3 rings (SSSR count). The number of carbonyl (C=O) groups is 1. The molecule has 2 aliphatic rings. The van der Waals surface area contributed by atoms with Crippen LogP contribution in [0.3, 0.4) is 0 Å². The summed E-state index contributed by atoms with van der Waals surface area (Å²) in [5, 5.41) is 11.4. The molecule has 1 aliphatic heterocycles. The monoisotopic (exact) mass is 423 g/mol. The highest BCUT2D eigenvalue weighted by molar-refractivity contribution is 7.04. The Morgan fingerprint density at radius 2 is 1.87 bits per heavy atom. The molecule has 0 saturated heterocycles. The number of carboxylic acid groups (broad SMARTS) is 1. The van der Waals surface area contributed by atoms with Crippen LogP contribution in [0.4, 0.5) is 11.4 Å². The second-order valence-electron chi connectivity index (χ2n) is 8.85. The van der Waals surface area contributed by atoms with Gasteiger partial charge < -0.3 is 10.8 Å². The van der Waals surface area contributed by atoms with E-state index in [-0.39, 0.29) is 6.42 Å². The van der Waals surface area contributed by atoms with Gasteiger partial charge in [-0.25, -0.2) is 4.99 Å². The van der Waals surface area contributed by atoms with Crippen LogP contribution in [0.15, 0.2) is 51.6 Å². The zero-order chi connectivity index (χ0) is 21.9. The molecule has 0 bridgehead atoms. The first kappa shape index (κ1) is 22.2. The zero-order valence-corrected chi connectivity index (χ0v) is 19.5. The number of aliphatic carboxylic acids is 1. The van der Waals surface area contributed by atoms with Crippen molar-refractivity contribution in [2.24, 2.45) is 9.98 Å². The van der Waals surface area contributed by atoms with Gasteiger partial charge >= 0.3 is 5.97 Å². The Kier molecular flexibility index (Phi) is 6.76. The number of rotatable bonds is 8. The van der Waals surface area contributed by atoms with Crippen LogP contribution < -0.4 is 10.9 Å². The Morgan fingerprint density at radius 3 is 2.53 bits per heavy atom. The number of allylic oxidation sites excluding steroid dienone is 4. The van der Waals surface area contributed by atoms with Crippen LogP contribution in [0.5, 0.6) is 0 Å². The van der Waals surface area contributed by atoms with Crippen LogP contribution in [0.25, 0.3) is 0 Å². The van der Waals surface area contributed by atoms with E-state index in [1.807, 2.05) is 6.07 Å². The molecule has 3 N–H and O–H groups in total. The fourth-order valence-electron chi connectivity index (χ4n) is 4.99. The van der Waals surface area contributed by atoms with Crippen molar-refractivity contribution in [1.29, 1.82) is 0 Å². The maximum Gasteiger partial charge on any atom is 0.303 e. The summed E-state index contributed by atoms with van der Waals surface area (Å²) in [4.78, 5) is 20.4. The lowest BCUT2D eigenvalue weighted by Gasteiger charge is -2.45. The van der Waals surface area contributed by atoms with E-state index in [2.05, 4.69) is 58.1 Å². The highest BCUT2D eigenvalue weighted by Gasteiger charge is 2.50. The van der Waals surface area contributed by atoms with Gasteiger partial charge in [0.2, 0.25) is 0 Å². The average Bonchev–Trinajstić information content (AvgIpc) is 2.68. The number of benzene rings is 1. The van der Waals surface area contributed by atoms with Gasteiger partial charge in [0.15, 0.2) is 0 Å². The topological polar surface area (TPSA) is 88.0 Å². The number of carboxylic acids is 1. The standard InChI is InChI=1S/C24H33N3O2Si/c1-16(2)30(17(3)4)22-14-18(25)9-11-20(22)27-21-12-10-19(15-23(21)30)26-13-7-5-6-8-24(28)29/h9-12,14-17H,5-8,13,25H2,1-4H3,(H,28,29). The fourth-order valence-corrected chi connectivity index (χ4v) is 11.0. The van der Waals surface area contributed by atoms with Crippen molar-refractivity contribution < 1.29 is 9.90 Å². The van der Waals surface area contributed by atoms with E-state index < -0.39 is 14.0 Å². The number of nitrogens with two attached hydrogens (primary N) is 1. The van der Waals surface area contributed by atoms with E-state index in [0.29, 0.717) is 17.5 Å². The third kappa shape index (κ3) is 4.19. The van der Waals surface area contributed by atoms with E-state index in [9.17, 15) is 4.79 Å². The molecule has 0 amide bonds. The van der Waals surface area contributed by atoms with Crippen LogP contribution >= 0.6 is 0 Å². The molecule has 0 aromatic heterocycles. The maximum absolute atomic E-state index is 10.6. The van der Waals surface area contributed by atoms with Crippen LogP contribution in [0.2, 0.25) is 11.1 Å². The van der Waals surface area contributed by atoms with Crippen molar-refractivity contribution in [3.63, 3.8) is 0 Å². The molecule has 1 aromatic carbocycles. The fraction of sp³-hybridized carbons (Fsp3) is 0.458. The molecule has 0 radical (unpaired) electrons.